The number of hydrazone groups is 1. The molecule has 2 aromatic carbocycles. The number of anilines is 1. The van der Waals surface area contributed by atoms with Gasteiger partial charge in [-0.05, 0) is 53.3 Å². The van der Waals surface area contributed by atoms with Crippen LogP contribution in [0.15, 0.2) is 63.2 Å². The third kappa shape index (κ3) is 4.85. The van der Waals surface area contributed by atoms with E-state index in [4.69, 9.17) is 10.5 Å². The smallest absolute Gasteiger partial charge is 0.294 e. The van der Waals surface area contributed by atoms with Crippen LogP contribution in [-0.4, -0.2) is 50.3 Å². The number of thioether (sulfide) groups is 1. The van der Waals surface area contributed by atoms with Crippen LogP contribution in [0.3, 0.4) is 0 Å². The first kappa shape index (κ1) is 22.0. The second-order valence-corrected chi connectivity index (χ2v) is 7.48. The first-order valence-electron chi connectivity index (χ1n) is 9.85. The van der Waals surface area contributed by atoms with E-state index in [1.165, 1.54) is 4.68 Å². The zero-order valence-electron chi connectivity index (χ0n) is 17.8. The lowest BCUT2D eigenvalue weighted by atomic mass is 10.1. The Morgan fingerprint density at radius 1 is 1.27 bits per heavy atom. The van der Waals surface area contributed by atoms with Crippen LogP contribution in [0.5, 0.6) is 5.75 Å². The van der Waals surface area contributed by atoms with Gasteiger partial charge < -0.3 is 10.5 Å². The lowest BCUT2D eigenvalue weighted by Gasteiger charge is -2.08. The van der Waals surface area contributed by atoms with Crippen molar-refractivity contribution in [1.29, 1.82) is 0 Å². The number of benzene rings is 2. The van der Waals surface area contributed by atoms with Crippen LogP contribution in [-0.2, 0) is 0 Å². The molecule has 0 aliphatic heterocycles. The van der Waals surface area contributed by atoms with Crippen molar-refractivity contribution in [1.82, 2.24) is 30.7 Å². The molecular weight excluding hydrogens is 444 g/mol. The summed E-state index contributed by atoms with van der Waals surface area (Å²) in [5, 5.41) is 19.5. The van der Waals surface area contributed by atoms with Crippen LogP contribution >= 0.6 is 11.8 Å². The zero-order valence-corrected chi connectivity index (χ0v) is 18.6. The third-order valence-electron chi connectivity index (χ3n) is 4.50. The average molecular weight is 465 g/mol. The molecule has 0 aliphatic carbocycles. The second kappa shape index (κ2) is 9.96. The molecule has 4 rings (SSSR count). The van der Waals surface area contributed by atoms with Gasteiger partial charge in [0.1, 0.15) is 11.4 Å². The molecule has 0 radical (unpaired) electrons. The van der Waals surface area contributed by atoms with Crippen LogP contribution < -0.4 is 15.9 Å². The number of carbonyl (C=O) groups excluding carboxylic acids is 1. The first-order valence-corrected chi connectivity index (χ1v) is 11.1. The third-order valence-corrected chi connectivity index (χ3v) is 5.24. The van der Waals surface area contributed by atoms with Crippen LogP contribution in [0.1, 0.15) is 23.0 Å². The predicted octanol–water partition coefficient (Wildman–Crippen LogP) is 2.78. The number of hydrogen-bond donors (Lipinski definition) is 2. The van der Waals surface area contributed by atoms with E-state index >= 15 is 0 Å². The minimum absolute atomic E-state index is 0.000723. The van der Waals surface area contributed by atoms with E-state index in [1.807, 2.05) is 37.4 Å². The van der Waals surface area contributed by atoms with E-state index in [2.05, 4.69) is 35.8 Å². The lowest BCUT2D eigenvalue weighted by Crippen LogP contribution is -2.19. The molecule has 0 unspecified atom stereocenters. The Bertz CT molecular complexity index is 1280. The normalized spacial score (nSPS) is 11.1. The number of amides is 1. The van der Waals surface area contributed by atoms with Gasteiger partial charge in [-0.1, -0.05) is 29.5 Å². The fourth-order valence-electron chi connectivity index (χ4n) is 2.99. The average Bonchev–Trinajstić information content (AvgIpc) is 3.46. The monoisotopic (exact) mass is 464 g/mol. The van der Waals surface area contributed by atoms with Crippen LogP contribution in [0.4, 0.5) is 5.82 Å². The topological polar surface area (TPSA) is 146 Å². The maximum atomic E-state index is 12.9. The van der Waals surface area contributed by atoms with Crippen molar-refractivity contribution in [2.24, 2.45) is 5.10 Å². The summed E-state index contributed by atoms with van der Waals surface area (Å²) in [4.78, 5) is 14.1. The summed E-state index contributed by atoms with van der Waals surface area (Å²) < 4.78 is 11.6. The number of rotatable bonds is 8. The lowest BCUT2D eigenvalue weighted by molar-refractivity contribution is 0.0950. The summed E-state index contributed by atoms with van der Waals surface area (Å²) in [6.45, 7) is 2.37. The van der Waals surface area contributed by atoms with Gasteiger partial charge in [0.15, 0.2) is 5.69 Å². The number of aromatic nitrogens is 5. The highest BCUT2D eigenvalue weighted by atomic mass is 32.2. The van der Waals surface area contributed by atoms with Gasteiger partial charge >= 0.3 is 0 Å². The molecule has 0 aliphatic rings. The molecule has 4 aromatic rings. The summed E-state index contributed by atoms with van der Waals surface area (Å²) >= 11 is 1.64. The van der Waals surface area contributed by atoms with Gasteiger partial charge in [0.25, 0.3) is 5.91 Å². The molecule has 11 nitrogen and oxygen atoms in total. The number of nitrogen functional groups attached to an aromatic ring is 1. The van der Waals surface area contributed by atoms with Gasteiger partial charge in [-0.3, -0.25) is 4.79 Å². The van der Waals surface area contributed by atoms with E-state index in [9.17, 15) is 4.79 Å². The van der Waals surface area contributed by atoms with Gasteiger partial charge in [-0.15, -0.1) is 16.9 Å². The molecule has 2 aromatic heterocycles. The van der Waals surface area contributed by atoms with Crippen molar-refractivity contribution in [2.75, 3.05) is 18.6 Å². The fourth-order valence-corrected chi connectivity index (χ4v) is 3.40. The van der Waals surface area contributed by atoms with Crippen LogP contribution in [0.25, 0.3) is 17.1 Å². The zero-order chi connectivity index (χ0) is 23.2. The van der Waals surface area contributed by atoms with Crippen molar-refractivity contribution in [3.63, 3.8) is 0 Å². The summed E-state index contributed by atoms with van der Waals surface area (Å²) in [6, 6.07) is 14.9. The number of nitrogens with two attached hydrogens (primary N) is 1. The SMILES string of the molecule is CCOc1cccc(-c2c(C(=O)NN=Cc3ccc(SC)cc3)nnn2-c2nonc2N)c1. The minimum atomic E-state index is -0.565. The fraction of sp³-hybridized carbons (Fsp3) is 0.143. The molecular formula is C21H20N8O3S. The molecule has 33 heavy (non-hydrogen) atoms. The van der Waals surface area contributed by atoms with Gasteiger partial charge in [0.05, 0.1) is 12.8 Å². The number of nitrogens with zero attached hydrogens (tertiary/aromatic N) is 6. The molecule has 0 atom stereocenters. The Labute approximate surface area is 193 Å². The van der Waals surface area contributed by atoms with Crippen molar-refractivity contribution < 1.29 is 14.2 Å². The Hall–Kier alpha value is -4.19. The molecule has 0 fully saturated rings. The molecule has 0 saturated carbocycles. The molecule has 12 heteroatoms. The van der Waals surface area contributed by atoms with Gasteiger partial charge in [0, 0.05) is 10.5 Å². The van der Waals surface area contributed by atoms with E-state index in [0.29, 0.717) is 23.6 Å². The Balaban J connectivity index is 1.66. The Kier molecular flexibility index (Phi) is 6.64. The van der Waals surface area contributed by atoms with Gasteiger partial charge in [-0.25, -0.2) is 10.1 Å². The highest BCUT2D eigenvalue weighted by Crippen LogP contribution is 2.29. The summed E-state index contributed by atoms with van der Waals surface area (Å²) in [5.74, 6) is 0.161. The van der Waals surface area contributed by atoms with Crippen molar-refractivity contribution in [2.45, 2.75) is 11.8 Å². The van der Waals surface area contributed by atoms with Crippen molar-refractivity contribution in [3.8, 4) is 22.8 Å². The minimum Gasteiger partial charge on any atom is -0.494 e. The molecule has 0 bridgehead atoms. The van der Waals surface area contributed by atoms with Gasteiger partial charge in [0.2, 0.25) is 11.6 Å². The maximum Gasteiger partial charge on any atom is 0.294 e. The maximum absolute atomic E-state index is 12.9. The largest absolute Gasteiger partial charge is 0.494 e. The van der Waals surface area contributed by atoms with Gasteiger partial charge in [-0.2, -0.15) is 9.78 Å². The standard InChI is InChI=1S/C21H20N8O3S/c1-3-31-15-6-4-5-14(11-15)18-17(24-28-29(18)20-19(22)26-32-27-20)21(30)25-23-12-13-7-9-16(33-2)10-8-13/h4-12H,3H2,1-2H3,(H2,22,26)(H,25,30). The van der Waals surface area contributed by atoms with Crippen molar-refractivity contribution in [3.05, 3.63) is 59.8 Å². The van der Waals surface area contributed by atoms with Crippen LogP contribution in [0.2, 0.25) is 0 Å². The Morgan fingerprint density at radius 2 is 2.09 bits per heavy atom. The van der Waals surface area contributed by atoms with Crippen LogP contribution in [0, 0.1) is 0 Å². The highest BCUT2D eigenvalue weighted by molar-refractivity contribution is 7.98. The molecule has 1 amide bonds. The number of nitrogens with one attached hydrogen (secondary N) is 1. The second-order valence-electron chi connectivity index (χ2n) is 6.60. The molecule has 2 heterocycles. The molecule has 168 valence electrons. The summed E-state index contributed by atoms with van der Waals surface area (Å²) in [7, 11) is 0. The van der Waals surface area contributed by atoms with E-state index in [0.717, 1.165) is 10.5 Å². The molecule has 0 spiro atoms. The highest BCUT2D eigenvalue weighted by Gasteiger charge is 2.25. The van der Waals surface area contributed by atoms with E-state index < -0.39 is 5.91 Å². The first-order chi connectivity index (χ1) is 16.1. The Morgan fingerprint density at radius 3 is 2.79 bits per heavy atom. The summed E-state index contributed by atoms with van der Waals surface area (Å²) in [5.41, 5.74) is 10.1. The number of carbonyl (C=O) groups is 1. The predicted molar refractivity (Wildman–Crippen MR) is 124 cm³/mol. The molecule has 3 N–H and O–H groups in total. The summed E-state index contributed by atoms with van der Waals surface area (Å²) in [6.07, 6.45) is 3.54. The number of hydrogen-bond acceptors (Lipinski definition) is 10. The molecule has 0 saturated heterocycles. The van der Waals surface area contributed by atoms with E-state index in [-0.39, 0.29) is 17.3 Å². The van der Waals surface area contributed by atoms with E-state index in [1.54, 1.807) is 42.2 Å². The number of ether oxygens (including phenoxy) is 1. The van der Waals surface area contributed by atoms with Crippen molar-refractivity contribution >= 4 is 29.7 Å². The quantitative estimate of drug-likeness (QED) is 0.228.